The Hall–Kier alpha value is -1.37. The van der Waals surface area contributed by atoms with Crippen LogP contribution in [0.4, 0.5) is 4.39 Å². The third-order valence-electron chi connectivity index (χ3n) is 3.17. The maximum atomic E-state index is 13.5. The van der Waals surface area contributed by atoms with E-state index < -0.39 is 0 Å². The molecule has 0 saturated heterocycles. The van der Waals surface area contributed by atoms with Gasteiger partial charge in [0, 0.05) is 0 Å². The van der Waals surface area contributed by atoms with Crippen LogP contribution in [0.2, 0.25) is 0 Å². The van der Waals surface area contributed by atoms with Crippen molar-refractivity contribution in [2.45, 2.75) is 19.3 Å². The summed E-state index contributed by atoms with van der Waals surface area (Å²) in [5.41, 5.74) is 2.21. The third kappa shape index (κ3) is 0.872. The Morgan fingerprint density at radius 1 is 1.21 bits per heavy atom. The summed E-state index contributed by atoms with van der Waals surface area (Å²) in [5.74, 6) is 0.417. The number of hydrogen-bond acceptors (Lipinski definition) is 0. The molecule has 70 valence electrons. The van der Waals surface area contributed by atoms with E-state index in [2.05, 4.69) is 25.1 Å². The summed E-state index contributed by atoms with van der Waals surface area (Å²) in [6, 6.07) is 9.68. The van der Waals surface area contributed by atoms with Gasteiger partial charge < -0.3 is 0 Å². The smallest absolute Gasteiger partial charge is 0.127 e. The van der Waals surface area contributed by atoms with Gasteiger partial charge in [-0.1, -0.05) is 31.2 Å². The highest BCUT2D eigenvalue weighted by Gasteiger charge is 2.22. The third-order valence-corrected chi connectivity index (χ3v) is 3.17. The Labute approximate surface area is 82.4 Å². The molecule has 1 aliphatic carbocycles. The molecule has 0 N–H and O–H groups in total. The number of halogens is 1. The van der Waals surface area contributed by atoms with Crippen molar-refractivity contribution in [3.63, 3.8) is 0 Å². The minimum absolute atomic E-state index is 0.0469. The monoisotopic (exact) mass is 186 g/mol. The average Bonchev–Trinajstić information content (AvgIpc) is 2.53. The fraction of sp³-hybridized carbons (Fsp3) is 0.231. The molecule has 1 heteroatoms. The lowest BCUT2D eigenvalue weighted by molar-refractivity contribution is 0.608. The number of benzene rings is 2. The highest BCUT2D eigenvalue weighted by atomic mass is 19.1. The van der Waals surface area contributed by atoms with Gasteiger partial charge in [-0.15, -0.1) is 0 Å². The van der Waals surface area contributed by atoms with Gasteiger partial charge in [0.05, 0.1) is 0 Å². The number of rotatable bonds is 0. The van der Waals surface area contributed by atoms with Crippen LogP contribution in [0.25, 0.3) is 10.8 Å². The second-order valence-electron chi connectivity index (χ2n) is 4.08. The van der Waals surface area contributed by atoms with E-state index in [-0.39, 0.29) is 5.82 Å². The van der Waals surface area contributed by atoms with Gasteiger partial charge in [-0.05, 0) is 40.3 Å². The van der Waals surface area contributed by atoms with Crippen molar-refractivity contribution in [1.82, 2.24) is 0 Å². The predicted molar refractivity (Wildman–Crippen MR) is 56.0 cm³/mol. The summed E-state index contributed by atoms with van der Waals surface area (Å²) in [5, 5.41) is 2.32. The molecule has 0 saturated carbocycles. The van der Waals surface area contributed by atoms with Gasteiger partial charge in [0.25, 0.3) is 0 Å². The zero-order chi connectivity index (χ0) is 9.71. The molecule has 1 aliphatic rings. The van der Waals surface area contributed by atoms with Crippen LogP contribution in [0, 0.1) is 5.82 Å². The Morgan fingerprint density at radius 2 is 2.07 bits per heavy atom. The molecule has 3 rings (SSSR count). The molecule has 2 aromatic rings. The van der Waals surface area contributed by atoms with E-state index in [1.165, 1.54) is 10.9 Å². The predicted octanol–water partition coefficient (Wildman–Crippen LogP) is 3.64. The quantitative estimate of drug-likeness (QED) is 0.589. The van der Waals surface area contributed by atoms with Crippen molar-refractivity contribution in [2.24, 2.45) is 0 Å². The van der Waals surface area contributed by atoms with Crippen LogP contribution in [-0.4, -0.2) is 0 Å². The Bertz CT molecular complexity index is 514. The van der Waals surface area contributed by atoms with Gasteiger partial charge in [0.2, 0.25) is 0 Å². The zero-order valence-corrected chi connectivity index (χ0v) is 8.05. The van der Waals surface area contributed by atoms with Gasteiger partial charge >= 0.3 is 0 Å². The Balaban J connectivity index is 2.51. The van der Waals surface area contributed by atoms with E-state index in [9.17, 15) is 4.39 Å². The fourth-order valence-corrected chi connectivity index (χ4v) is 2.49. The maximum absolute atomic E-state index is 13.5. The molecule has 0 fully saturated rings. The average molecular weight is 186 g/mol. The first-order valence-corrected chi connectivity index (χ1v) is 4.97. The van der Waals surface area contributed by atoms with Gasteiger partial charge in [0.15, 0.2) is 0 Å². The van der Waals surface area contributed by atoms with Crippen molar-refractivity contribution in [3.8, 4) is 0 Å². The van der Waals surface area contributed by atoms with Crippen LogP contribution >= 0.6 is 0 Å². The largest absolute Gasteiger partial charge is 0.207 e. The van der Waals surface area contributed by atoms with Crippen molar-refractivity contribution < 1.29 is 4.39 Å². The lowest BCUT2D eigenvalue weighted by Gasteiger charge is -2.03. The van der Waals surface area contributed by atoms with E-state index in [0.29, 0.717) is 5.92 Å². The van der Waals surface area contributed by atoms with Crippen LogP contribution in [0.5, 0.6) is 0 Å². The summed E-state index contributed by atoms with van der Waals surface area (Å²) in [6.07, 6.45) is 0.850. The second kappa shape index (κ2) is 2.57. The van der Waals surface area contributed by atoms with E-state index in [1.807, 2.05) is 6.07 Å². The summed E-state index contributed by atoms with van der Waals surface area (Å²) in [7, 11) is 0. The lowest BCUT2D eigenvalue weighted by Crippen LogP contribution is -1.89. The van der Waals surface area contributed by atoms with Crippen molar-refractivity contribution in [1.29, 1.82) is 0 Å². The van der Waals surface area contributed by atoms with Crippen LogP contribution in [0.1, 0.15) is 24.0 Å². The van der Waals surface area contributed by atoms with Crippen molar-refractivity contribution in [3.05, 3.63) is 47.3 Å². The molecule has 0 spiro atoms. The van der Waals surface area contributed by atoms with Gasteiger partial charge in [-0.3, -0.25) is 0 Å². The summed E-state index contributed by atoms with van der Waals surface area (Å²) in [6.45, 7) is 2.16. The molecule has 0 bridgehead atoms. The minimum atomic E-state index is -0.0469. The van der Waals surface area contributed by atoms with Crippen LogP contribution in [0.3, 0.4) is 0 Å². The molecule has 0 nitrogen and oxygen atoms in total. The molecule has 14 heavy (non-hydrogen) atoms. The zero-order valence-electron chi connectivity index (χ0n) is 8.05. The summed E-state index contributed by atoms with van der Waals surface area (Å²) >= 11 is 0. The summed E-state index contributed by atoms with van der Waals surface area (Å²) in [4.78, 5) is 0. The normalized spacial score (nSPS) is 19.1. The SMILES string of the molecule is CC1Cc2c(F)ccc3cccc1c23. The molecule has 1 unspecified atom stereocenters. The molecule has 0 amide bonds. The van der Waals surface area contributed by atoms with E-state index >= 15 is 0 Å². The van der Waals surface area contributed by atoms with E-state index in [1.54, 1.807) is 6.07 Å². The van der Waals surface area contributed by atoms with E-state index in [0.717, 1.165) is 17.4 Å². The highest BCUT2D eigenvalue weighted by Crippen LogP contribution is 2.38. The molecular weight excluding hydrogens is 175 g/mol. The second-order valence-corrected chi connectivity index (χ2v) is 4.08. The molecule has 1 atom stereocenters. The Kier molecular flexibility index (Phi) is 1.46. The van der Waals surface area contributed by atoms with Crippen LogP contribution in [-0.2, 0) is 6.42 Å². The molecule has 0 radical (unpaired) electrons. The maximum Gasteiger partial charge on any atom is 0.127 e. The first kappa shape index (κ1) is 7.98. The first-order valence-electron chi connectivity index (χ1n) is 4.97. The molecule has 0 aliphatic heterocycles. The Morgan fingerprint density at radius 3 is 2.93 bits per heavy atom. The van der Waals surface area contributed by atoms with E-state index in [4.69, 9.17) is 0 Å². The number of hydrogen-bond donors (Lipinski definition) is 0. The molecule has 2 aromatic carbocycles. The molecular formula is C13H11F. The van der Waals surface area contributed by atoms with Crippen molar-refractivity contribution in [2.75, 3.05) is 0 Å². The van der Waals surface area contributed by atoms with Gasteiger partial charge in [-0.25, -0.2) is 4.39 Å². The molecule has 0 heterocycles. The fourth-order valence-electron chi connectivity index (χ4n) is 2.49. The lowest BCUT2D eigenvalue weighted by atomic mass is 10.0. The first-order chi connectivity index (χ1) is 6.77. The highest BCUT2D eigenvalue weighted by molar-refractivity contribution is 5.91. The van der Waals surface area contributed by atoms with Crippen molar-refractivity contribution >= 4 is 10.8 Å². The van der Waals surface area contributed by atoms with Crippen LogP contribution in [0.15, 0.2) is 30.3 Å². The summed E-state index contributed by atoms with van der Waals surface area (Å²) < 4.78 is 13.5. The van der Waals surface area contributed by atoms with Gasteiger partial charge in [-0.2, -0.15) is 0 Å². The minimum Gasteiger partial charge on any atom is -0.207 e. The topological polar surface area (TPSA) is 0 Å². The van der Waals surface area contributed by atoms with Gasteiger partial charge in [0.1, 0.15) is 5.82 Å². The molecule has 0 aromatic heterocycles. The standard InChI is InChI=1S/C13H11F/c1-8-7-11-12(14)6-5-9-3-2-4-10(8)13(9)11/h2-6,8H,7H2,1H3. The van der Waals surface area contributed by atoms with Crippen LogP contribution < -0.4 is 0 Å².